The summed E-state index contributed by atoms with van der Waals surface area (Å²) in [6, 6.07) is 0. The molecule has 1 aromatic rings. The normalized spacial score (nSPS) is 13.1. The number of hydrogen-bond donors (Lipinski definition) is 4. The smallest absolute Gasteiger partial charge is 0.329 e. The largest absolute Gasteiger partial charge is 0.394 e. The van der Waals surface area contributed by atoms with Crippen LogP contribution >= 0.6 is 11.6 Å². The van der Waals surface area contributed by atoms with Crippen LogP contribution in [-0.2, 0) is 13.0 Å². The Labute approximate surface area is 151 Å². The molecule has 0 aromatic carbocycles. The van der Waals surface area contributed by atoms with Crippen LogP contribution in [0.4, 0.5) is 5.82 Å². The Hall–Kier alpha value is -1.48. The van der Waals surface area contributed by atoms with E-state index in [1.54, 1.807) is 0 Å². The second kappa shape index (κ2) is 9.86. The number of nitrogens with two attached hydrogens (primary N) is 1. The highest BCUT2D eigenvalue weighted by molar-refractivity contribution is 6.66. The Morgan fingerprint density at radius 3 is 2.40 bits per heavy atom. The van der Waals surface area contributed by atoms with Gasteiger partial charge in [0.2, 0.25) is 0 Å². The van der Waals surface area contributed by atoms with E-state index in [2.05, 4.69) is 16.9 Å². The van der Waals surface area contributed by atoms with Crippen LogP contribution in [0.3, 0.4) is 0 Å². The van der Waals surface area contributed by atoms with Gasteiger partial charge in [0.15, 0.2) is 0 Å². The van der Waals surface area contributed by atoms with E-state index in [9.17, 15) is 9.59 Å². The number of fused-ring (bicyclic) bond motifs is 1. The van der Waals surface area contributed by atoms with Gasteiger partial charge in [0, 0.05) is 13.0 Å². The molecule has 8 nitrogen and oxygen atoms in total. The minimum atomic E-state index is -0.764. The molecule has 2 rings (SSSR count). The standard InChI is InChI=1S/C11H14ClN3O2.C5H13NO2/c1-2-3-4-5-15-9-7(6-8(12)13-9)10(16)14-11(15)17;1-2-5(6,3-7)4-8/h2-6H2,1H3,(H,14,16,17);7-8H,2-4,6H2,1H3. The van der Waals surface area contributed by atoms with Crippen LogP contribution in [0.15, 0.2) is 14.6 Å². The topological polar surface area (TPSA) is 134 Å². The van der Waals surface area contributed by atoms with Gasteiger partial charge in [-0.05, 0) is 12.8 Å². The van der Waals surface area contributed by atoms with Crippen molar-refractivity contribution in [2.24, 2.45) is 10.7 Å². The molecule has 0 saturated carbocycles. The highest BCUT2D eigenvalue weighted by atomic mass is 35.5. The summed E-state index contributed by atoms with van der Waals surface area (Å²) in [4.78, 5) is 29.6. The number of aliphatic hydroxyl groups is 2. The molecule has 142 valence electrons. The van der Waals surface area contributed by atoms with E-state index in [-0.39, 0.29) is 18.8 Å². The van der Waals surface area contributed by atoms with Crippen molar-refractivity contribution in [2.45, 2.75) is 58.0 Å². The van der Waals surface area contributed by atoms with Crippen molar-refractivity contribution < 1.29 is 10.2 Å². The zero-order valence-electron chi connectivity index (χ0n) is 14.7. The van der Waals surface area contributed by atoms with Crippen molar-refractivity contribution >= 4 is 22.6 Å². The van der Waals surface area contributed by atoms with Gasteiger partial charge in [0.25, 0.3) is 5.56 Å². The number of nitrogens with zero attached hydrogens (tertiary/aromatic N) is 2. The van der Waals surface area contributed by atoms with Crippen molar-refractivity contribution in [2.75, 3.05) is 13.2 Å². The first-order valence-electron chi connectivity index (χ1n) is 8.41. The molecule has 1 aliphatic heterocycles. The number of unbranched alkanes of at least 4 members (excludes halogenated alkanes) is 2. The molecule has 0 atom stereocenters. The van der Waals surface area contributed by atoms with E-state index in [1.807, 2.05) is 6.92 Å². The maximum Gasteiger partial charge on any atom is 0.329 e. The predicted molar refractivity (Wildman–Crippen MR) is 98.9 cm³/mol. The van der Waals surface area contributed by atoms with E-state index < -0.39 is 11.2 Å². The number of aliphatic hydroxyl groups excluding tert-OH is 2. The third-order valence-corrected chi connectivity index (χ3v) is 4.35. The molecular weight excluding hydrogens is 348 g/mol. The first-order chi connectivity index (χ1) is 11.8. The van der Waals surface area contributed by atoms with Gasteiger partial charge in [-0.25, -0.2) is 9.79 Å². The third-order valence-electron chi connectivity index (χ3n) is 4.13. The quantitative estimate of drug-likeness (QED) is 0.519. The third kappa shape index (κ3) is 5.78. The number of H-pyrrole nitrogens is 1. The summed E-state index contributed by atoms with van der Waals surface area (Å²) in [5.74, 6) is 0.430. The van der Waals surface area contributed by atoms with Crippen LogP contribution in [0.2, 0.25) is 0 Å². The predicted octanol–water partition coefficient (Wildman–Crippen LogP) is 0.630. The highest BCUT2D eigenvalue weighted by Crippen LogP contribution is 2.23. The summed E-state index contributed by atoms with van der Waals surface area (Å²) in [5, 5.41) is 17.4. The molecule has 25 heavy (non-hydrogen) atoms. The number of nitrogens with one attached hydrogen (secondary N) is 1. The lowest BCUT2D eigenvalue weighted by Gasteiger charge is -2.21. The summed E-state index contributed by atoms with van der Waals surface area (Å²) in [5.41, 5.74) is 4.34. The van der Waals surface area contributed by atoms with E-state index in [4.69, 9.17) is 27.5 Å². The van der Waals surface area contributed by atoms with E-state index in [0.717, 1.165) is 19.3 Å². The Balaban J connectivity index is 0.000000333. The van der Waals surface area contributed by atoms with Gasteiger partial charge in [-0.3, -0.25) is 14.3 Å². The lowest BCUT2D eigenvalue weighted by Crippen LogP contribution is -2.46. The van der Waals surface area contributed by atoms with Gasteiger partial charge in [-0.15, -0.1) is 0 Å². The fourth-order valence-corrected chi connectivity index (χ4v) is 2.40. The number of halogens is 1. The molecule has 0 bridgehead atoms. The Bertz CT molecular complexity index is 699. The molecule has 5 N–H and O–H groups in total. The zero-order chi connectivity index (χ0) is 19.0. The van der Waals surface area contributed by atoms with Crippen LogP contribution in [0.25, 0.3) is 0 Å². The monoisotopic (exact) mass is 374 g/mol. The average Bonchev–Trinajstić information content (AvgIpc) is 3.00. The summed E-state index contributed by atoms with van der Waals surface area (Å²) in [6.45, 7) is 4.18. The SMILES string of the molecule is CCC(N)(CO)CO.CCCCCn1c2c(c(=O)[nH]c1=O)CC(Cl)=N2. The number of aliphatic imine (C=N–C) groups is 1. The number of rotatable bonds is 7. The summed E-state index contributed by atoms with van der Waals surface area (Å²) in [6.07, 6.45) is 3.92. The minimum Gasteiger partial charge on any atom is -0.394 e. The molecule has 1 aliphatic rings. The highest BCUT2D eigenvalue weighted by Gasteiger charge is 2.21. The Kier molecular flexibility index (Phi) is 8.51. The van der Waals surface area contributed by atoms with Crippen molar-refractivity contribution in [3.05, 3.63) is 26.4 Å². The molecule has 0 saturated heterocycles. The Morgan fingerprint density at radius 1 is 1.28 bits per heavy atom. The summed E-state index contributed by atoms with van der Waals surface area (Å²) < 4.78 is 1.50. The second-order valence-corrected chi connectivity index (χ2v) is 6.55. The van der Waals surface area contributed by atoms with Crippen LogP contribution in [-0.4, -0.2) is 43.7 Å². The van der Waals surface area contributed by atoms with E-state index in [0.29, 0.717) is 35.9 Å². The zero-order valence-corrected chi connectivity index (χ0v) is 15.5. The summed E-state index contributed by atoms with van der Waals surface area (Å²) in [7, 11) is 0. The molecule has 0 amide bonds. The maximum absolute atomic E-state index is 11.7. The number of aromatic amines is 1. The minimum absolute atomic E-state index is 0.153. The first-order valence-corrected chi connectivity index (χ1v) is 8.79. The van der Waals surface area contributed by atoms with Crippen LogP contribution in [0.1, 0.15) is 45.1 Å². The van der Waals surface area contributed by atoms with Crippen LogP contribution in [0.5, 0.6) is 0 Å². The van der Waals surface area contributed by atoms with Gasteiger partial charge >= 0.3 is 5.69 Å². The van der Waals surface area contributed by atoms with Crippen molar-refractivity contribution in [3.8, 4) is 0 Å². The van der Waals surface area contributed by atoms with Crippen LogP contribution < -0.4 is 17.0 Å². The second-order valence-electron chi connectivity index (χ2n) is 6.12. The van der Waals surface area contributed by atoms with Crippen LogP contribution in [0, 0.1) is 0 Å². The van der Waals surface area contributed by atoms with Crippen molar-refractivity contribution in [3.63, 3.8) is 0 Å². The van der Waals surface area contributed by atoms with Gasteiger partial charge in [0.1, 0.15) is 11.0 Å². The summed E-state index contributed by atoms with van der Waals surface area (Å²) >= 11 is 5.82. The molecule has 0 unspecified atom stereocenters. The van der Waals surface area contributed by atoms with Gasteiger partial charge in [-0.1, -0.05) is 38.3 Å². The fourth-order valence-electron chi connectivity index (χ4n) is 2.19. The molecule has 0 radical (unpaired) electrons. The molecular formula is C16H27ClN4O4. The molecule has 0 fully saturated rings. The van der Waals surface area contributed by atoms with Gasteiger partial charge in [0.05, 0.1) is 24.3 Å². The lowest BCUT2D eigenvalue weighted by atomic mass is 10.0. The molecule has 0 spiro atoms. The first kappa shape index (κ1) is 21.6. The lowest BCUT2D eigenvalue weighted by molar-refractivity contribution is 0.118. The number of hydrogen-bond acceptors (Lipinski definition) is 6. The fraction of sp³-hybridized carbons (Fsp3) is 0.688. The average molecular weight is 375 g/mol. The van der Waals surface area contributed by atoms with E-state index >= 15 is 0 Å². The molecule has 1 aromatic heterocycles. The molecule has 2 heterocycles. The van der Waals surface area contributed by atoms with Gasteiger partial charge in [-0.2, -0.15) is 0 Å². The van der Waals surface area contributed by atoms with E-state index in [1.165, 1.54) is 4.57 Å². The van der Waals surface area contributed by atoms with Crippen molar-refractivity contribution in [1.82, 2.24) is 9.55 Å². The maximum atomic E-state index is 11.7. The van der Waals surface area contributed by atoms with Gasteiger partial charge < -0.3 is 15.9 Å². The molecule has 0 aliphatic carbocycles. The number of aromatic nitrogens is 2. The Morgan fingerprint density at radius 2 is 1.92 bits per heavy atom. The molecule has 9 heteroatoms. The van der Waals surface area contributed by atoms with Crippen molar-refractivity contribution in [1.29, 1.82) is 0 Å².